The van der Waals surface area contributed by atoms with Gasteiger partial charge in [-0.1, -0.05) is 254 Å². The summed E-state index contributed by atoms with van der Waals surface area (Å²) in [4.78, 5) is 13.3. The molecule has 1 amide bonds. The maximum absolute atomic E-state index is 13.3. The summed E-state index contributed by atoms with van der Waals surface area (Å²) in [5.41, 5.74) is 0. The van der Waals surface area contributed by atoms with Crippen LogP contribution in [0.2, 0.25) is 0 Å². The molecule has 0 bridgehead atoms. The minimum atomic E-state index is -1.99. The van der Waals surface area contributed by atoms with Crippen molar-refractivity contribution in [1.29, 1.82) is 0 Å². The number of hydrogen-bond acceptors (Lipinski definition) is 18. The number of aliphatic hydroxyl groups excluding tert-OH is 11. The molecule has 0 aromatic rings. The third-order valence-corrected chi connectivity index (χ3v) is 17.0. The molecule has 0 aromatic carbocycles. The lowest BCUT2D eigenvalue weighted by atomic mass is 9.96. The van der Waals surface area contributed by atoms with Gasteiger partial charge in [0.1, 0.15) is 73.2 Å². The molecule has 3 fully saturated rings. The van der Waals surface area contributed by atoms with Gasteiger partial charge in [0.15, 0.2) is 18.9 Å². The molecule has 3 aliphatic heterocycles. The molecule has 3 saturated heterocycles. The molecule has 12 N–H and O–H groups in total. The quantitative estimate of drug-likeness (QED) is 0.0200. The van der Waals surface area contributed by atoms with Crippen LogP contribution in [0.15, 0.2) is 72.9 Å². The van der Waals surface area contributed by atoms with Crippen molar-refractivity contribution in [3.05, 3.63) is 72.9 Å². The van der Waals surface area contributed by atoms with Crippen molar-refractivity contribution in [3.8, 4) is 0 Å². The van der Waals surface area contributed by atoms with Gasteiger partial charge in [-0.3, -0.25) is 4.79 Å². The zero-order valence-electron chi connectivity index (χ0n) is 54.4. The molecular weight excluding hydrogens is 1140 g/mol. The Morgan fingerprint density at radius 3 is 1.17 bits per heavy atom. The summed E-state index contributed by atoms with van der Waals surface area (Å²) >= 11 is 0. The summed E-state index contributed by atoms with van der Waals surface area (Å²) in [7, 11) is 0. The Bertz CT molecular complexity index is 1900. The number of amides is 1. The SMILES string of the molecule is CC/C=C\C/C=C\C/C=C\C/C=C\C/C=C\CC(=O)NC(COC1OC(CO)C(OC2OC(CO)C(OC3OC(CO)C(O)C(O)C3O)C(O)C2O)C(O)C1O)C(O)/C=C/CCCCCCCCCCCCCCCCCCCCCCCCCCCCC. The molecule has 17 unspecified atom stereocenters. The summed E-state index contributed by atoms with van der Waals surface area (Å²) in [6.45, 7) is 1.55. The molecule has 3 rings (SSSR count). The van der Waals surface area contributed by atoms with Gasteiger partial charge in [-0.2, -0.15) is 0 Å². The Hall–Kier alpha value is -2.77. The van der Waals surface area contributed by atoms with Crippen molar-refractivity contribution >= 4 is 5.91 Å². The maximum Gasteiger partial charge on any atom is 0.224 e. The molecule has 3 heterocycles. The number of unbranched alkanes of at least 4 members (excludes halogenated alkanes) is 27. The molecule has 0 aliphatic carbocycles. The van der Waals surface area contributed by atoms with Crippen molar-refractivity contribution in [2.24, 2.45) is 0 Å². The summed E-state index contributed by atoms with van der Waals surface area (Å²) in [6.07, 6.45) is 37.9. The van der Waals surface area contributed by atoms with Crippen LogP contribution in [0.1, 0.15) is 232 Å². The Kier molecular flexibility index (Phi) is 46.7. The first kappa shape index (κ1) is 80.5. The van der Waals surface area contributed by atoms with E-state index in [-0.39, 0.29) is 6.42 Å². The van der Waals surface area contributed by atoms with Crippen molar-refractivity contribution in [2.75, 3.05) is 26.4 Å². The number of carbonyl (C=O) groups is 1. The molecular formula is C70H123NO18. The standard InChI is InChI=1S/C70H123NO18/c1-3-5-7-9-11-13-15-17-19-20-21-22-23-24-25-26-27-28-29-30-31-32-34-35-37-39-41-43-45-47-54(75)53(71-58(76)48-46-44-42-40-38-36-33-18-16-14-12-10-8-6-4-2)52-84-68-64(82)61(79)66(56(50-73)86-68)89-70-65(83)62(80)67(57(51-74)87-70)88-69-63(81)60(78)59(77)55(49-72)85-69/h6,8,12,14,18,33,38,40,44-47,53-57,59-70,72-75,77-83H,3-5,7,9-11,13,15-17,19-32,34-37,39,41-43,48-52H2,1-2H3,(H,71,76)/b8-6-,14-12-,33-18-,40-38-,46-44-,47-45+. The van der Waals surface area contributed by atoms with E-state index in [4.69, 9.17) is 28.4 Å². The van der Waals surface area contributed by atoms with Gasteiger partial charge in [0, 0.05) is 6.42 Å². The lowest BCUT2D eigenvalue weighted by Gasteiger charge is -2.48. The average molecular weight is 1270 g/mol. The minimum Gasteiger partial charge on any atom is -0.394 e. The van der Waals surface area contributed by atoms with Gasteiger partial charge >= 0.3 is 0 Å². The fourth-order valence-corrected chi connectivity index (χ4v) is 11.4. The van der Waals surface area contributed by atoms with Crippen LogP contribution in [0, 0.1) is 0 Å². The lowest BCUT2D eigenvalue weighted by Crippen LogP contribution is -2.66. The van der Waals surface area contributed by atoms with Crippen LogP contribution in [0.4, 0.5) is 0 Å². The van der Waals surface area contributed by atoms with Crippen molar-refractivity contribution in [2.45, 2.75) is 336 Å². The second-order valence-electron chi connectivity index (χ2n) is 24.6. The first-order valence-corrected chi connectivity index (χ1v) is 34.7. The summed E-state index contributed by atoms with van der Waals surface area (Å²) in [5, 5.41) is 120. The fourth-order valence-electron chi connectivity index (χ4n) is 11.4. The Morgan fingerprint density at radius 2 is 0.764 bits per heavy atom. The minimum absolute atomic E-state index is 0.00842. The number of carbonyl (C=O) groups excluding carboxylic acids is 1. The molecule has 19 heteroatoms. The first-order valence-electron chi connectivity index (χ1n) is 34.7. The van der Waals surface area contributed by atoms with Gasteiger partial charge in [0.05, 0.1) is 38.6 Å². The van der Waals surface area contributed by atoms with Crippen LogP contribution >= 0.6 is 0 Å². The summed E-state index contributed by atoms with van der Waals surface area (Å²) in [5.74, 6) is -0.403. The number of rotatable bonds is 52. The monoisotopic (exact) mass is 1270 g/mol. The van der Waals surface area contributed by atoms with Gasteiger partial charge in [-0.15, -0.1) is 0 Å². The maximum atomic E-state index is 13.3. The van der Waals surface area contributed by atoms with Crippen molar-refractivity contribution in [1.82, 2.24) is 5.32 Å². The Morgan fingerprint density at radius 1 is 0.416 bits per heavy atom. The fraction of sp³-hybridized carbons (Fsp3) is 0.814. The number of allylic oxidation sites excluding steroid dienone is 10. The molecule has 17 atom stereocenters. The highest BCUT2D eigenvalue weighted by Crippen LogP contribution is 2.33. The van der Waals surface area contributed by atoms with Crippen molar-refractivity contribution in [3.63, 3.8) is 0 Å². The molecule has 0 spiro atoms. The molecule has 3 aliphatic rings. The molecule has 0 aromatic heterocycles. The molecule has 0 saturated carbocycles. The van der Waals surface area contributed by atoms with Gasteiger partial charge < -0.3 is 89.9 Å². The van der Waals surface area contributed by atoms with Gasteiger partial charge in [0.2, 0.25) is 5.91 Å². The van der Waals surface area contributed by atoms with E-state index in [2.05, 4.69) is 61.7 Å². The number of nitrogens with one attached hydrogen (secondary N) is 1. The van der Waals surface area contributed by atoms with E-state index in [1.807, 2.05) is 18.2 Å². The van der Waals surface area contributed by atoms with E-state index in [9.17, 15) is 61.0 Å². The Balaban J connectivity index is 1.43. The van der Waals surface area contributed by atoms with E-state index in [0.717, 1.165) is 51.4 Å². The van der Waals surface area contributed by atoms with E-state index < -0.39 is 137 Å². The number of ether oxygens (including phenoxy) is 6. The Labute approximate surface area is 534 Å². The molecule has 19 nitrogen and oxygen atoms in total. The third kappa shape index (κ3) is 33.8. The van der Waals surface area contributed by atoms with Gasteiger partial charge in [-0.25, -0.2) is 0 Å². The highest BCUT2D eigenvalue weighted by molar-refractivity contribution is 5.77. The second-order valence-corrected chi connectivity index (χ2v) is 24.6. The van der Waals surface area contributed by atoms with E-state index in [1.165, 1.54) is 154 Å². The van der Waals surface area contributed by atoms with Gasteiger partial charge in [0.25, 0.3) is 0 Å². The van der Waals surface area contributed by atoms with Crippen LogP contribution in [0.25, 0.3) is 0 Å². The van der Waals surface area contributed by atoms with E-state index in [1.54, 1.807) is 12.2 Å². The molecule has 516 valence electrons. The topological polar surface area (TPSA) is 307 Å². The average Bonchev–Trinajstić information content (AvgIpc) is 1.97. The van der Waals surface area contributed by atoms with Crippen molar-refractivity contribution < 1.29 is 89.4 Å². The van der Waals surface area contributed by atoms with Crippen LogP contribution < -0.4 is 5.32 Å². The zero-order valence-corrected chi connectivity index (χ0v) is 54.4. The lowest BCUT2D eigenvalue weighted by molar-refractivity contribution is -0.379. The predicted molar refractivity (Wildman–Crippen MR) is 346 cm³/mol. The first-order chi connectivity index (χ1) is 43.3. The van der Waals surface area contributed by atoms with E-state index in [0.29, 0.717) is 6.42 Å². The molecule has 0 radical (unpaired) electrons. The van der Waals surface area contributed by atoms with Crippen LogP contribution in [-0.4, -0.2) is 193 Å². The summed E-state index contributed by atoms with van der Waals surface area (Å²) in [6, 6.07) is -1.03. The second kappa shape index (κ2) is 51.6. The normalized spacial score (nSPS) is 28.7. The number of hydrogen-bond donors (Lipinski definition) is 12. The van der Waals surface area contributed by atoms with Crippen LogP contribution in [0.5, 0.6) is 0 Å². The van der Waals surface area contributed by atoms with E-state index >= 15 is 0 Å². The smallest absolute Gasteiger partial charge is 0.224 e. The zero-order chi connectivity index (χ0) is 64.7. The highest BCUT2D eigenvalue weighted by Gasteiger charge is 2.53. The van der Waals surface area contributed by atoms with Crippen LogP contribution in [-0.2, 0) is 33.2 Å². The van der Waals surface area contributed by atoms with Gasteiger partial charge in [-0.05, 0) is 44.9 Å². The highest BCUT2D eigenvalue weighted by atomic mass is 16.8. The largest absolute Gasteiger partial charge is 0.394 e. The predicted octanol–water partition coefficient (Wildman–Crippen LogP) is 8.94. The third-order valence-electron chi connectivity index (χ3n) is 17.0. The van der Waals surface area contributed by atoms with Crippen LogP contribution in [0.3, 0.4) is 0 Å². The molecule has 89 heavy (non-hydrogen) atoms. The summed E-state index contributed by atoms with van der Waals surface area (Å²) < 4.78 is 34.3. The number of aliphatic hydroxyl groups is 11.